The third kappa shape index (κ3) is 3.34. The van der Waals surface area contributed by atoms with E-state index in [2.05, 4.69) is 10.3 Å². The Hall–Kier alpha value is -1.83. The highest BCUT2D eigenvalue weighted by Gasteiger charge is 2.06. The second-order valence-corrected chi connectivity index (χ2v) is 4.60. The first-order chi connectivity index (χ1) is 9.10. The maximum absolute atomic E-state index is 13.6. The molecule has 0 saturated heterocycles. The van der Waals surface area contributed by atoms with Crippen LogP contribution in [0.15, 0.2) is 30.5 Å². The molecule has 2 rings (SSSR count). The van der Waals surface area contributed by atoms with E-state index in [1.807, 2.05) is 6.07 Å². The van der Waals surface area contributed by atoms with Gasteiger partial charge in [-0.3, -0.25) is 0 Å². The Bertz CT molecular complexity index is 653. The fourth-order valence-corrected chi connectivity index (χ4v) is 1.93. The van der Waals surface area contributed by atoms with E-state index in [-0.39, 0.29) is 12.1 Å². The van der Waals surface area contributed by atoms with Gasteiger partial charge in [0.1, 0.15) is 11.6 Å². The first-order valence-electron chi connectivity index (χ1n) is 5.33. The van der Waals surface area contributed by atoms with Crippen LogP contribution in [0.25, 0.3) is 0 Å². The van der Waals surface area contributed by atoms with Crippen molar-refractivity contribution in [1.82, 2.24) is 4.98 Å². The van der Waals surface area contributed by atoms with E-state index < -0.39 is 5.82 Å². The van der Waals surface area contributed by atoms with Crippen molar-refractivity contribution in [3.05, 3.63) is 57.5 Å². The Labute approximate surface area is 119 Å². The van der Waals surface area contributed by atoms with Crippen LogP contribution in [0.5, 0.6) is 0 Å². The Kier molecular flexibility index (Phi) is 4.20. The first kappa shape index (κ1) is 13.6. The van der Waals surface area contributed by atoms with Gasteiger partial charge in [-0.2, -0.15) is 5.26 Å². The predicted octanol–water partition coefficient (Wildman–Crippen LogP) is 4.01. The molecule has 0 aliphatic rings. The Morgan fingerprint density at radius 2 is 2.11 bits per heavy atom. The van der Waals surface area contributed by atoms with Crippen LogP contribution in [-0.2, 0) is 6.54 Å². The number of nitriles is 1. The summed E-state index contributed by atoms with van der Waals surface area (Å²) in [5, 5.41) is 12.4. The van der Waals surface area contributed by atoms with E-state index in [0.717, 1.165) is 0 Å². The second kappa shape index (κ2) is 5.87. The number of benzene rings is 1. The molecule has 0 radical (unpaired) electrons. The molecule has 1 aromatic heterocycles. The molecule has 0 spiro atoms. The number of hydrogen-bond acceptors (Lipinski definition) is 3. The number of pyridine rings is 1. The van der Waals surface area contributed by atoms with Gasteiger partial charge in [0.05, 0.1) is 21.7 Å². The Morgan fingerprint density at radius 3 is 2.74 bits per heavy atom. The number of nitrogens with zero attached hydrogens (tertiary/aromatic N) is 2. The van der Waals surface area contributed by atoms with E-state index in [4.69, 9.17) is 28.5 Å². The van der Waals surface area contributed by atoms with Gasteiger partial charge in [-0.05, 0) is 18.2 Å². The minimum absolute atomic E-state index is 0.214. The lowest BCUT2D eigenvalue weighted by molar-refractivity contribution is 0.612. The van der Waals surface area contributed by atoms with Crippen molar-refractivity contribution in [2.24, 2.45) is 0 Å². The molecular formula is C13H8Cl2FN3. The first-order valence-corrected chi connectivity index (χ1v) is 6.09. The van der Waals surface area contributed by atoms with E-state index >= 15 is 0 Å². The topological polar surface area (TPSA) is 48.7 Å². The van der Waals surface area contributed by atoms with E-state index in [9.17, 15) is 4.39 Å². The van der Waals surface area contributed by atoms with Gasteiger partial charge < -0.3 is 5.32 Å². The molecule has 1 heterocycles. The zero-order valence-corrected chi connectivity index (χ0v) is 11.1. The predicted molar refractivity (Wildman–Crippen MR) is 72.7 cm³/mol. The van der Waals surface area contributed by atoms with Crippen LogP contribution in [-0.4, -0.2) is 4.98 Å². The number of halogens is 3. The van der Waals surface area contributed by atoms with Crippen molar-refractivity contribution >= 4 is 29.0 Å². The Morgan fingerprint density at radius 1 is 1.32 bits per heavy atom. The van der Waals surface area contributed by atoms with Gasteiger partial charge in [-0.25, -0.2) is 9.37 Å². The standard InChI is InChI=1S/C13H8Cl2FN3/c14-10-4-11(15)13(19-7-10)18-6-9-2-1-8(5-17)3-12(9)16/h1-4,7H,6H2,(H,18,19). The van der Waals surface area contributed by atoms with Gasteiger partial charge in [-0.15, -0.1) is 0 Å². The summed E-state index contributed by atoms with van der Waals surface area (Å²) in [5.74, 6) is -0.0218. The van der Waals surface area contributed by atoms with E-state index in [1.165, 1.54) is 12.3 Å². The molecule has 96 valence electrons. The van der Waals surface area contributed by atoms with Crippen molar-refractivity contribution in [3.63, 3.8) is 0 Å². The monoisotopic (exact) mass is 295 g/mol. The molecule has 0 amide bonds. The zero-order valence-electron chi connectivity index (χ0n) is 9.62. The minimum Gasteiger partial charge on any atom is -0.365 e. The molecule has 0 unspecified atom stereocenters. The SMILES string of the molecule is N#Cc1ccc(CNc2ncc(Cl)cc2Cl)c(F)c1. The van der Waals surface area contributed by atoms with E-state index in [1.54, 1.807) is 18.2 Å². The van der Waals surface area contributed by atoms with Crippen LogP contribution in [0.3, 0.4) is 0 Å². The van der Waals surface area contributed by atoms with Gasteiger partial charge >= 0.3 is 0 Å². The normalized spacial score (nSPS) is 10.0. The lowest BCUT2D eigenvalue weighted by Crippen LogP contribution is -2.04. The molecule has 0 bridgehead atoms. The van der Waals surface area contributed by atoms with Crippen LogP contribution >= 0.6 is 23.2 Å². The molecule has 0 saturated carbocycles. The molecule has 2 aromatic rings. The summed E-state index contributed by atoms with van der Waals surface area (Å²) in [4.78, 5) is 4.01. The van der Waals surface area contributed by atoms with Crippen LogP contribution in [0.2, 0.25) is 10.0 Å². The van der Waals surface area contributed by atoms with Gasteiger partial charge in [-0.1, -0.05) is 29.3 Å². The summed E-state index contributed by atoms with van der Waals surface area (Å²) in [7, 11) is 0. The van der Waals surface area contributed by atoms with Gasteiger partial charge in [0.25, 0.3) is 0 Å². The van der Waals surface area contributed by atoms with Crippen molar-refractivity contribution < 1.29 is 4.39 Å². The summed E-state index contributed by atoms with van der Waals surface area (Å²) in [6.45, 7) is 0.214. The smallest absolute Gasteiger partial charge is 0.145 e. The van der Waals surface area contributed by atoms with Gasteiger partial charge in [0.2, 0.25) is 0 Å². The fourth-order valence-electron chi connectivity index (χ4n) is 1.48. The molecule has 0 aliphatic carbocycles. The van der Waals surface area contributed by atoms with Crippen LogP contribution in [0, 0.1) is 17.1 Å². The molecule has 1 N–H and O–H groups in total. The quantitative estimate of drug-likeness (QED) is 0.931. The highest BCUT2D eigenvalue weighted by Crippen LogP contribution is 2.23. The largest absolute Gasteiger partial charge is 0.365 e. The average Bonchev–Trinajstić information content (AvgIpc) is 2.39. The van der Waals surface area contributed by atoms with Crippen LogP contribution in [0.1, 0.15) is 11.1 Å². The molecule has 3 nitrogen and oxygen atoms in total. The number of nitrogens with one attached hydrogen (secondary N) is 1. The number of rotatable bonds is 3. The lowest BCUT2D eigenvalue weighted by atomic mass is 10.1. The summed E-state index contributed by atoms with van der Waals surface area (Å²) in [6, 6.07) is 7.71. The number of aromatic nitrogens is 1. The van der Waals surface area contributed by atoms with Crippen molar-refractivity contribution in [1.29, 1.82) is 5.26 Å². The van der Waals surface area contributed by atoms with Gasteiger partial charge in [0.15, 0.2) is 0 Å². The maximum atomic E-state index is 13.6. The molecular weight excluding hydrogens is 288 g/mol. The fraction of sp³-hybridized carbons (Fsp3) is 0.0769. The van der Waals surface area contributed by atoms with Crippen molar-refractivity contribution in [3.8, 4) is 6.07 Å². The maximum Gasteiger partial charge on any atom is 0.145 e. The molecule has 6 heteroatoms. The third-order valence-electron chi connectivity index (χ3n) is 2.44. The summed E-state index contributed by atoms with van der Waals surface area (Å²) < 4.78 is 13.6. The molecule has 0 fully saturated rings. The number of anilines is 1. The second-order valence-electron chi connectivity index (χ2n) is 3.76. The van der Waals surface area contributed by atoms with E-state index in [0.29, 0.717) is 21.4 Å². The minimum atomic E-state index is -0.448. The molecule has 1 aromatic carbocycles. The van der Waals surface area contributed by atoms with Crippen LogP contribution in [0.4, 0.5) is 10.2 Å². The number of hydrogen-bond donors (Lipinski definition) is 1. The Balaban J connectivity index is 2.13. The van der Waals surface area contributed by atoms with Crippen LogP contribution < -0.4 is 5.32 Å². The van der Waals surface area contributed by atoms with Gasteiger partial charge in [0, 0.05) is 18.3 Å². The summed E-state index contributed by atoms with van der Waals surface area (Å²) in [5.41, 5.74) is 0.704. The third-order valence-corrected chi connectivity index (χ3v) is 2.93. The highest BCUT2D eigenvalue weighted by atomic mass is 35.5. The molecule has 0 atom stereocenters. The molecule has 19 heavy (non-hydrogen) atoms. The average molecular weight is 296 g/mol. The highest BCUT2D eigenvalue weighted by molar-refractivity contribution is 6.35. The summed E-state index contributed by atoms with van der Waals surface area (Å²) in [6.07, 6.45) is 1.45. The molecule has 0 aliphatic heterocycles. The summed E-state index contributed by atoms with van der Waals surface area (Å²) >= 11 is 11.7. The van der Waals surface area contributed by atoms with Crippen molar-refractivity contribution in [2.45, 2.75) is 6.54 Å². The zero-order chi connectivity index (χ0) is 13.8. The van der Waals surface area contributed by atoms with Crippen molar-refractivity contribution in [2.75, 3.05) is 5.32 Å². The lowest BCUT2D eigenvalue weighted by Gasteiger charge is -2.08.